The van der Waals surface area contributed by atoms with Crippen molar-refractivity contribution in [3.05, 3.63) is 29.8 Å². The number of carbonyl (C=O) groups excluding carboxylic acids is 1. The summed E-state index contributed by atoms with van der Waals surface area (Å²) in [6.45, 7) is 9.29. The van der Waals surface area contributed by atoms with E-state index in [4.69, 9.17) is 4.74 Å². The van der Waals surface area contributed by atoms with Gasteiger partial charge in [-0.15, -0.1) is 0 Å². The average molecular weight is 290 g/mol. The summed E-state index contributed by atoms with van der Waals surface area (Å²) < 4.78 is 5.29. The quantitative estimate of drug-likeness (QED) is 0.906. The molecule has 21 heavy (non-hydrogen) atoms. The number of hydrogen-bond donors (Lipinski definition) is 1. The number of amides is 1. The van der Waals surface area contributed by atoms with Crippen LogP contribution in [0.3, 0.4) is 0 Å². The highest BCUT2D eigenvalue weighted by Gasteiger charge is 2.37. The maximum atomic E-state index is 12.4. The van der Waals surface area contributed by atoms with Crippen LogP contribution in [0.5, 0.6) is 5.75 Å². The fraction of sp³-hybridized carbons (Fsp3) is 0.588. The summed E-state index contributed by atoms with van der Waals surface area (Å²) in [5.41, 5.74) is 1.07. The molecule has 1 fully saturated rings. The molecule has 3 unspecified atom stereocenters. The molecule has 1 heterocycles. The van der Waals surface area contributed by atoms with Gasteiger partial charge in [-0.05, 0) is 36.5 Å². The lowest BCUT2D eigenvalue weighted by Crippen LogP contribution is -2.35. The molecule has 0 bridgehead atoms. The Hall–Kier alpha value is -1.55. The van der Waals surface area contributed by atoms with Crippen LogP contribution in [0.2, 0.25) is 0 Å². The number of rotatable bonds is 5. The van der Waals surface area contributed by atoms with Gasteiger partial charge in [0, 0.05) is 6.54 Å². The minimum atomic E-state index is -0.138. The molecule has 1 aliphatic heterocycles. The summed E-state index contributed by atoms with van der Waals surface area (Å²) in [4.78, 5) is 14.4. The molecule has 3 atom stereocenters. The van der Waals surface area contributed by atoms with Crippen molar-refractivity contribution >= 4 is 5.91 Å². The molecule has 4 heteroatoms. The zero-order valence-electron chi connectivity index (χ0n) is 13.6. The highest BCUT2D eigenvalue weighted by Crippen LogP contribution is 2.29. The van der Waals surface area contributed by atoms with Crippen LogP contribution in [-0.4, -0.2) is 30.5 Å². The second kappa shape index (κ2) is 6.48. The first-order chi connectivity index (χ1) is 9.93. The van der Waals surface area contributed by atoms with Crippen molar-refractivity contribution in [1.82, 2.24) is 10.2 Å². The smallest absolute Gasteiger partial charge is 0.241 e. The number of benzene rings is 1. The lowest BCUT2D eigenvalue weighted by molar-refractivity contribution is -0.130. The molecule has 0 spiro atoms. The van der Waals surface area contributed by atoms with Gasteiger partial charge in [-0.3, -0.25) is 10.1 Å². The SMILES string of the molecule is COc1cccc(C2NC(C)C(=O)N2CC(C)C(C)C)c1. The van der Waals surface area contributed by atoms with Gasteiger partial charge < -0.3 is 9.64 Å². The van der Waals surface area contributed by atoms with Crippen LogP contribution in [0.15, 0.2) is 24.3 Å². The molecule has 1 amide bonds. The third kappa shape index (κ3) is 3.38. The highest BCUT2D eigenvalue weighted by molar-refractivity contribution is 5.84. The van der Waals surface area contributed by atoms with Crippen molar-refractivity contribution in [2.45, 2.75) is 39.9 Å². The number of nitrogens with one attached hydrogen (secondary N) is 1. The number of ether oxygens (including phenoxy) is 1. The third-order valence-electron chi connectivity index (χ3n) is 4.41. The maximum absolute atomic E-state index is 12.4. The average Bonchev–Trinajstić information content (AvgIpc) is 2.75. The fourth-order valence-electron chi connectivity index (χ4n) is 2.58. The van der Waals surface area contributed by atoms with E-state index in [-0.39, 0.29) is 18.1 Å². The second-order valence-electron chi connectivity index (χ2n) is 6.28. The van der Waals surface area contributed by atoms with Gasteiger partial charge in [-0.1, -0.05) is 32.9 Å². The Bertz CT molecular complexity index is 501. The lowest BCUT2D eigenvalue weighted by atomic mass is 9.97. The Morgan fingerprint density at radius 3 is 2.67 bits per heavy atom. The van der Waals surface area contributed by atoms with E-state index in [1.165, 1.54) is 0 Å². The normalized spacial score (nSPS) is 23.7. The lowest BCUT2D eigenvalue weighted by Gasteiger charge is -2.29. The van der Waals surface area contributed by atoms with Crippen molar-refractivity contribution in [2.24, 2.45) is 11.8 Å². The van der Waals surface area contributed by atoms with E-state index < -0.39 is 0 Å². The largest absolute Gasteiger partial charge is 0.497 e. The maximum Gasteiger partial charge on any atom is 0.241 e. The molecule has 0 saturated carbocycles. The van der Waals surface area contributed by atoms with Crippen molar-refractivity contribution < 1.29 is 9.53 Å². The first-order valence-corrected chi connectivity index (χ1v) is 7.64. The van der Waals surface area contributed by atoms with Gasteiger partial charge in [0.1, 0.15) is 11.9 Å². The molecule has 0 radical (unpaired) electrons. The minimum Gasteiger partial charge on any atom is -0.497 e. The summed E-state index contributed by atoms with van der Waals surface area (Å²) >= 11 is 0. The molecule has 4 nitrogen and oxygen atoms in total. The molecular weight excluding hydrogens is 264 g/mol. The number of hydrogen-bond acceptors (Lipinski definition) is 3. The van der Waals surface area contributed by atoms with Crippen LogP contribution < -0.4 is 10.1 Å². The van der Waals surface area contributed by atoms with Crippen molar-refractivity contribution in [2.75, 3.05) is 13.7 Å². The standard InChI is InChI=1S/C17H26N2O2/c1-11(2)12(3)10-19-16(18-13(4)17(19)20)14-7-6-8-15(9-14)21-5/h6-9,11-13,16,18H,10H2,1-5H3. The molecule has 1 aromatic carbocycles. The highest BCUT2D eigenvalue weighted by atomic mass is 16.5. The van der Waals surface area contributed by atoms with Crippen LogP contribution >= 0.6 is 0 Å². The Morgan fingerprint density at radius 1 is 1.33 bits per heavy atom. The van der Waals surface area contributed by atoms with Gasteiger partial charge >= 0.3 is 0 Å². The van der Waals surface area contributed by atoms with Gasteiger partial charge in [0.15, 0.2) is 0 Å². The Kier molecular flexibility index (Phi) is 4.88. The van der Waals surface area contributed by atoms with Crippen molar-refractivity contribution in [3.8, 4) is 5.75 Å². The molecule has 116 valence electrons. The Balaban J connectivity index is 2.24. The summed E-state index contributed by atoms with van der Waals surface area (Å²) in [6, 6.07) is 7.78. The first kappa shape index (κ1) is 15.8. The van der Waals surface area contributed by atoms with Crippen LogP contribution in [0.25, 0.3) is 0 Å². The van der Waals surface area contributed by atoms with Gasteiger partial charge in [0.25, 0.3) is 0 Å². The Morgan fingerprint density at radius 2 is 2.05 bits per heavy atom. The van der Waals surface area contributed by atoms with E-state index >= 15 is 0 Å². The van der Waals surface area contributed by atoms with Crippen LogP contribution in [0.1, 0.15) is 39.4 Å². The van der Waals surface area contributed by atoms with Gasteiger partial charge in [0.05, 0.1) is 13.2 Å². The molecule has 1 saturated heterocycles. The van der Waals surface area contributed by atoms with E-state index in [0.29, 0.717) is 11.8 Å². The summed E-state index contributed by atoms with van der Waals surface area (Å²) in [5.74, 6) is 2.02. The number of methoxy groups -OCH3 is 1. The van der Waals surface area contributed by atoms with Crippen molar-refractivity contribution in [3.63, 3.8) is 0 Å². The molecule has 2 rings (SSSR count). The monoisotopic (exact) mass is 290 g/mol. The zero-order chi connectivity index (χ0) is 15.6. The minimum absolute atomic E-state index is 0.0659. The molecule has 0 aromatic heterocycles. The summed E-state index contributed by atoms with van der Waals surface area (Å²) in [7, 11) is 1.66. The molecular formula is C17H26N2O2. The summed E-state index contributed by atoms with van der Waals surface area (Å²) in [5, 5.41) is 3.39. The molecule has 1 N–H and O–H groups in total. The van der Waals surface area contributed by atoms with E-state index in [1.807, 2.05) is 36.1 Å². The summed E-state index contributed by atoms with van der Waals surface area (Å²) in [6.07, 6.45) is -0.0659. The predicted octanol–water partition coefficient (Wildman–Crippen LogP) is 2.81. The second-order valence-corrected chi connectivity index (χ2v) is 6.28. The van der Waals surface area contributed by atoms with Crippen molar-refractivity contribution in [1.29, 1.82) is 0 Å². The van der Waals surface area contributed by atoms with Gasteiger partial charge in [-0.2, -0.15) is 0 Å². The molecule has 0 aliphatic carbocycles. The predicted molar refractivity (Wildman–Crippen MR) is 84.0 cm³/mol. The van der Waals surface area contributed by atoms with Crippen LogP contribution in [0, 0.1) is 11.8 Å². The van der Waals surface area contributed by atoms with Crippen LogP contribution in [-0.2, 0) is 4.79 Å². The van der Waals surface area contributed by atoms with E-state index in [2.05, 4.69) is 26.1 Å². The Labute approximate surface area is 127 Å². The molecule has 1 aromatic rings. The first-order valence-electron chi connectivity index (χ1n) is 7.64. The molecule has 1 aliphatic rings. The van der Waals surface area contributed by atoms with Gasteiger partial charge in [-0.25, -0.2) is 0 Å². The number of nitrogens with zero attached hydrogens (tertiary/aromatic N) is 1. The van der Waals surface area contributed by atoms with E-state index in [1.54, 1.807) is 7.11 Å². The zero-order valence-corrected chi connectivity index (χ0v) is 13.6. The number of carbonyl (C=O) groups is 1. The fourth-order valence-corrected chi connectivity index (χ4v) is 2.58. The third-order valence-corrected chi connectivity index (χ3v) is 4.41. The van der Waals surface area contributed by atoms with Crippen LogP contribution in [0.4, 0.5) is 0 Å². The van der Waals surface area contributed by atoms with Gasteiger partial charge in [0.2, 0.25) is 5.91 Å². The topological polar surface area (TPSA) is 41.6 Å². The van der Waals surface area contributed by atoms with E-state index in [9.17, 15) is 4.79 Å². The van der Waals surface area contributed by atoms with E-state index in [0.717, 1.165) is 17.9 Å².